The molecule has 0 amide bonds. The average Bonchev–Trinajstić information content (AvgIpc) is 3.51. The minimum atomic E-state index is -1.39. The van der Waals surface area contributed by atoms with Crippen LogP contribution in [0, 0.1) is 22.9 Å². The van der Waals surface area contributed by atoms with Gasteiger partial charge in [0.05, 0.1) is 0 Å². The van der Waals surface area contributed by atoms with Crippen molar-refractivity contribution in [2.45, 2.75) is 39.3 Å². The molecule has 0 nitrogen and oxygen atoms in total. The first-order valence-corrected chi connectivity index (χ1v) is 23.5. The quantitative estimate of drug-likeness (QED) is 0.108. The van der Waals surface area contributed by atoms with Crippen molar-refractivity contribution in [3.63, 3.8) is 0 Å². The molecule has 6 heteroatoms. The van der Waals surface area contributed by atoms with E-state index in [1.165, 1.54) is 41.7 Å². The molecule has 0 aliphatic carbocycles. The van der Waals surface area contributed by atoms with Crippen LogP contribution in [0.15, 0.2) is 80.4 Å². The van der Waals surface area contributed by atoms with Gasteiger partial charge in [-0.1, -0.05) is 51.1 Å². The lowest BCUT2D eigenvalue weighted by atomic mass is 10.0. The fourth-order valence-corrected chi connectivity index (χ4v) is 7.74. The van der Waals surface area contributed by atoms with Gasteiger partial charge in [-0.15, -0.1) is 33.8 Å². The summed E-state index contributed by atoms with van der Waals surface area (Å²) in [5, 5.41) is 12.1. The molecule has 2 aromatic heterocycles. The highest BCUT2D eigenvalue weighted by molar-refractivity contribution is 9.10. The average molecular weight is 719 g/mol. The second-order valence-corrected chi connectivity index (χ2v) is 25.1. The maximum atomic E-state index is 3.66. The first kappa shape index (κ1) is 29.3. The van der Waals surface area contributed by atoms with Crippen molar-refractivity contribution in [1.82, 2.24) is 0 Å². The molecule has 0 atom stereocenters. The Morgan fingerprint density at radius 2 is 0.875 bits per heavy atom. The number of rotatable bonds is 0. The van der Waals surface area contributed by atoms with Crippen molar-refractivity contribution in [2.75, 3.05) is 0 Å². The third kappa shape index (κ3) is 7.18. The van der Waals surface area contributed by atoms with Crippen LogP contribution in [0.4, 0.5) is 0 Å². The van der Waals surface area contributed by atoms with Gasteiger partial charge >= 0.3 is 0 Å². The zero-order chi connectivity index (χ0) is 28.7. The Hall–Kier alpha value is -2.17. The standard InChI is InChI=1S/C20H22Br2Si2.C14H8S2/c1-23(2,3)9-7-15-11-17-12-16(8-10-24(4,5)6)20(22)14-18(17)13-19(15)21;1-3-15-13-7-12-8-14-10(2-4-16-14)6-11(12)5-9(1)13/h11-14H,1-6H3;1-8H. The highest BCUT2D eigenvalue weighted by Crippen LogP contribution is 2.32. The van der Waals surface area contributed by atoms with Gasteiger partial charge in [0.25, 0.3) is 0 Å². The van der Waals surface area contributed by atoms with Gasteiger partial charge in [0.1, 0.15) is 16.1 Å². The fourth-order valence-electron chi connectivity index (χ4n) is 4.16. The Balaban J connectivity index is 0.000000173. The van der Waals surface area contributed by atoms with E-state index in [-0.39, 0.29) is 0 Å². The summed E-state index contributed by atoms with van der Waals surface area (Å²) in [4.78, 5) is 0. The SMILES string of the molecule is C[Si](C)(C)C#Cc1cc2cc(C#C[Si](C)(C)C)c(Br)cc2cc1Br.c1cc2cc3cc4ccsc4cc3cc2s1. The van der Waals surface area contributed by atoms with Crippen molar-refractivity contribution in [1.29, 1.82) is 0 Å². The molecule has 2 heterocycles. The highest BCUT2D eigenvalue weighted by Gasteiger charge is 2.11. The smallest absolute Gasteiger partial charge is 0.129 e. The minimum Gasteiger partial charge on any atom is -0.144 e. The number of thiophene rings is 2. The predicted octanol–water partition coefficient (Wildman–Crippen LogP) is 12.1. The summed E-state index contributed by atoms with van der Waals surface area (Å²) < 4.78 is 4.86. The molecule has 0 N–H and O–H groups in total. The first-order valence-electron chi connectivity index (χ1n) is 13.1. The first-order chi connectivity index (χ1) is 18.8. The molecule has 0 radical (unpaired) electrons. The van der Waals surface area contributed by atoms with Crippen molar-refractivity contribution in [3.05, 3.63) is 91.5 Å². The maximum absolute atomic E-state index is 3.66. The van der Waals surface area contributed by atoms with E-state index in [2.05, 4.69) is 165 Å². The van der Waals surface area contributed by atoms with Gasteiger partial charge in [-0.3, -0.25) is 0 Å². The van der Waals surface area contributed by atoms with E-state index >= 15 is 0 Å². The summed E-state index contributed by atoms with van der Waals surface area (Å²) in [7, 11) is -2.78. The molecule has 0 saturated heterocycles. The van der Waals surface area contributed by atoms with Crippen LogP contribution in [0.3, 0.4) is 0 Å². The number of fused-ring (bicyclic) bond motifs is 4. The normalized spacial score (nSPS) is 11.6. The van der Waals surface area contributed by atoms with Gasteiger partial charge in [-0.25, -0.2) is 0 Å². The fraction of sp³-hybridized carbons (Fsp3) is 0.176. The maximum Gasteiger partial charge on any atom is 0.129 e. The molecule has 0 spiro atoms. The van der Waals surface area contributed by atoms with Crippen LogP contribution in [0.1, 0.15) is 11.1 Å². The summed E-state index contributed by atoms with van der Waals surface area (Å²) in [5.41, 5.74) is 8.99. The minimum absolute atomic E-state index is 1.05. The lowest BCUT2D eigenvalue weighted by Crippen LogP contribution is -2.16. The van der Waals surface area contributed by atoms with Crippen LogP contribution in [0.25, 0.3) is 41.7 Å². The monoisotopic (exact) mass is 716 g/mol. The number of halogens is 2. The molecule has 0 saturated carbocycles. The molecule has 0 aliphatic rings. The van der Waals surface area contributed by atoms with Gasteiger partial charge in [-0.05, 0) is 136 Å². The number of hydrogen-bond donors (Lipinski definition) is 0. The van der Waals surface area contributed by atoms with Gasteiger partial charge in [0.15, 0.2) is 0 Å². The van der Waals surface area contributed by atoms with Crippen LogP contribution in [0.5, 0.6) is 0 Å². The summed E-state index contributed by atoms with van der Waals surface area (Å²) in [6.45, 7) is 13.6. The van der Waals surface area contributed by atoms with Crippen LogP contribution in [-0.4, -0.2) is 16.1 Å². The van der Waals surface area contributed by atoms with Crippen molar-refractivity contribution >= 4 is 112 Å². The Bertz CT molecular complexity index is 1810. The molecule has 40 heavy (non-hydrogen) atoms. The van der Waals surface area contributed by atoms with Gasteiger partial charge in [0.2, 0.25) is 0 Å². The van der Waals surface area contributed by atoms with E-state index in [1.807, 2.05) is 22.7 Å². The largest absolute Gasteiger partial charge is 0.144 e. The van der Waals surface area contributed by atoms with Gasteiger partial charge in [0, 0.05) is 29.5 Å². The van der Waals surface area contributed by atoms with Gasteiger partial charge < -0.3 is 0 Å². The molecule has 200 valence electrons. The third-order valence-electron chi connectivity index (χ3n) is 6.14. The van der Waals surface area contributed by atoms with Crippen LogP contribution >= 0.6 is 54.5 Å². The van der Waals surface area contributed by atoms with Crippen molar-refractivity contribution < 1.29 is 0 Å². The molecular formula is C34H30Br2S2Si2. The highest BCUT2D eigenvalue weighted by atomic mass is 79.9. The molecule has 0 bridgehead atoms. The summed E-state index contributed by atoms with van der Waals surface area (Å²) in [5.74, 6) is 6.72. The lowest BCUT2D eigenvalue weighted by molar-refractivity contribution is 1.60. The second kappa shape index (κ2) is 11.6. The Labute approximate surface area is 264 Å². The Morgan fingerprint density at radius 3 is 1.30 bits per heavy atom. The molecule has 4 aromatic carbocycles. The van der Waals surface area contributed by atoms with Crippen LogP contribution in [0.2, 0.25) is 39.3 Å². The van der Waals surface area contributed by atoms with Crippen molar-refractivity contribution in [2.24, 2.45) is 0 Å². The van der Waals surface area contributed by atoms with Crippen LogP contribution < -0.4 is 0 Å². The van der Waals surface area contributed by atoms with E-state index in [4.69, 9.17) is 0 Å². The number of benzene rings is 4. The molecule has 0 aliphatic heterocycles. The zero-order valence-corrected chi connectivity index (χ0v) is 30.3. The summed E-state index contributed by atoms with van der Waals surface area (Å²) in [6.07, 6.45) is 0. The second-order valence-electron chi connectivity index (χ2n) is 12.0. The summed E-state index contributed by atoms with van der Waals surface area (Å²) in [6, 6.07) is 22.2. The topological polar surface area (TPSA) is 0 Å². The van der Waals surface area contributed by atoms with E-state index in [9.17, 15) is 0 Å². The zero-order valence-electron chi connectivity index (χ0n) is 23.5. The molecular weight excluding hydrogens is 688 g/mol. The Morgan fingerprint density at radius 1 is 0.500 bits per heavy atom. The van der Waals surface area contributed by atoms with Crippen LogP contribution in [-0.2, 0) is 0 Å². The lowest BCUT2D eigenvalue weighted by Gasteiger charge is -2.08. The molecule has 6 rings (SSSR count). The molecule has 0 fully saturated rings. The third-order valence-corrected chi connectivity index (χ3v) is 11.0. The number of hydrogen-bond acceptors (Lipinski definition) is 2. The van der Waals surface area contributed by atoms with E-state index < -0.39 is 16.1 Å². The van der Waals surface area contributed by atoms with E-state index in [0.29, 0.717) is 0 Å². The summed E-state index contributed by atoms with van der Waals surface area (Å²) >= 11 is 10.9. The molecule has 6 aromatic rings. The van der Waals surface area contributed by atoms with Gasteiger partial charge in [-0.2, -0.15) is 0 Å². The molecule has 0 unspecified atom stereocenters. The van der Waals surface area contributed by atoms with E-state index in [1.54, 1.807) is 0 Å². The van der Waals surface area contributed by atoms with E-state index in [0.717, 1.165) is 20.1 Å². The Kier molecular flexibility index (Phi) is 8.51. The van der Waals surface area contributed by atoms with Crippen molar-refractivity contribution in [3.8, 4) is 22.9 Å². The predicted molar refractivity (Wildman–Crippen MR) is 195 cm³/mol.